The van der Waals surface area contributed by atoms with E-state index in [1.165, 1.54) is 12.8 Å². The zero-order valence-electron chi connectivity index (χ0n) is 12.3. The van der Waals surface area contributed by atoms with Crippen LogP contribution in [0.25, 0.3) is 0 Å². The number of ether oxygens (including phenoxy) is 1. The predicted octanol–water partition coefficient (Wildman–Crippen LogP) is 1.87. The van der Waals surface area contributed by atoms with Crippen LogP contribution in [0.5, 0.6) is 5.75 Å². The lowest BCUT2D eigenvalue weighted by Crippen LogP contribution is -2.42. The van der Waals surface area contributed by atoms with Gasteiger partial charge < -0.3 is 15.8 Å². The van der Waals surface area contributed by atoms with E-state index in [9.17, 15) is 4.79 Å². The summed E-state index contributed by atoms with van der Waals surface area (Å²) in [4.78, 5) is 12.1. The average molecular weight is 276 g/mol. The van der Waals surface area contributed by atoms with Crippen molar-refractivity contribution >= 4 is 5.91 Å². The molecule has 1 aromatic rings. The maximum Gasteiger partial charge on any atom is 0.224 e. The van der Waals surface area contributed by atoms with Crippen LogP contribution in [0.1, 0.15) is 32.3 Å². The van der Waals surface area contributed by atoms with E-state index in [-0.39, 0.29) is 18.1 Å². The Morgan fingerprint density at radius 3 is 2.70 bits per heavy atom. The smallest absolute Gasteiger partial charge is 0.224 e. The van der Waals surface area contributed by atoms with E-state index < -0.39 is 0 Å². The number of benzene rings is 1. The van der Waals surface area contributed by atoms with Crippen molar-refractivity contribution in [2.24, 2.45) is 11.7 Å². The number of amides is 1. The van der Waals surface area contributed by atoms with Gasteiger partial charge in [-0.25, -0.2) is 0 Å². The fraction of sp³-hybridized carbons (Fsp3) is 0.562. The van der Waals surface area contributed by atoms with Gasteiger partial charge in [-0.05, 0) is 38.7 Å². The van der Waals surface area contributed by atoms with Crippen LogP contribution in [0, 0.1) is 5.92 Å². The molecule has 4 heteroatoms. The monoisotopic (exact) mass is 276 g/mol. The number of hydrogen-bond donors (Lipinski definition) is 2. The Hall–Kier alpha value is -1.55. The summed E-state index contributed by atoms with van der Waals surface area (Å²) < 4.78 is 5.73. The van der Waals surface area contributed by atoms with Gasteiger partial charge in [0.25, 0.3) is 0 Å². The molecule has 0 spiro atoms. The quantitative estimate of drug-likeness (QED) is 0.799. The minimum atomic E-state index is 0.0205. The minimum absolute atomic E-state index is 0.0205. The Balaban J connectivity index is 1.96. The van der Waals surface area contributed by atoms with E-state index >= 15 is 0 Å². The highest BCUT2D eigenvalue weighted by atomic mass is 16.5. The lowest BCUT2D eigenvalue weighted by Gasteiger charge is -2.17. The zero-order valence-corrected chi connectivity index (χ0v) is 12.3. The third-order valence-electron chi connectivity index (χ3n) is 3.48. The molecule has 3 N–H and O–H groups in total. The number of rotatable bonds is 7. The van der Waals surface area contributed by atoms with Crippen LogP contribution in [0.4, 0.5) is 0 Å². The SMILES string of the molecule is CC(C)Oc1ccccc1CC(=O)NC(CN)C1CC1. The molecule has 110 valence electrons. The van der Waals surface area contributed by atoms with Crippen molar-refractivity contribution in [3.63, 3.8) is 0 Å². The summed E-state index contributed by atoms with van der Waals surface area (Å²) in [6, 6.07) is 7.82. The zero-order chi connectivity index (χ0) is 14.5. The topological polar surface area (TPSA) is 64.3 Å². The molecular formula is C16H24N2O2. The summed E-state index contributed by atoms with van der Waals surface area (Å²) in [6.07, 6.45) is 2.79. The number of carbonyl (C=O) groups excluding carboxylic acids is 1. The molecule has 0 aromatic heterocycles. The van der Waals surface area contributed by atoms with Gasteiger partial charge in [-0.15, -0.1) is 0 Å². The molecule has 1 unspecified atom stereocenters. The third-order valence-corrected chi connectivity index (χ3v) is 3.48. The molecule has 1 aliphatic carbocycles. The second-order valence-corrected chi connectivity index (χ2v) is 5.70. The number of hydrogen-bond acceptors (Lipinski definition) is 3. The highest BCUT2D eigenvalue weighted by molar-refractivity contribution is 5.79. The van der Waals surface area contributed by atoms with E-state index in [0.717, 1.165) is 11.3 Å². The molecular weight excluding hydrogens is 252 g/mol. The second-order valence-electron chi connectivity index (χ2n) is 5.70. The van der Waals surface area contributed by atoms with Gasteiger partial charge in [0, 0.05) is 18.2 Å². The fourth-order valence-electron chi connectivity index (χ4n) is 2.32. The van der Waals surface area contributed by atoms with Crippen LogP contribution in [0.2, 0.25) is 0 Å². The molecule has 4 nitrogen and oxygen atoms in total. The first-order valence-electron chi connectivity index (χ1n) is 7.34. The molecule has 1 amide bonds. The first kappa shape index (κ1) is 14.9. The van der Waals surface area contributed by atoms with Crippen molar-refractivity contribution in [3.05, 3.63) is 29.8 Å². The van der Waals surface area contributed by atoms with E-state index in [1.54, 1.807) is 0 Å². The molecule has 0 saturated heterocycles. The van der Waals surface area contributed by atoms with Gasteiger partial charge in [-0.1, -0.05) is 18.2 Å². The van der Waals surface area contributed by atoms with Crippen LogP contribution in [0.15, 0.2) is 24.3 Å². The van der Waals surface area contributed by atoms with Crippen molar-refractivity contribution < 1.29 is 9.53 Å². The van der Waals surface area contributed by atoms with Gasteiger partial charge in [0.05, 0.1) is 12.5 Å². The molecule has 1 aromatic carbocycles. The van der Waals surface area contributed by atoms with E-state index in [4.69, 9.17) is 10.5 Å². The van der Waals surface area contributed by atoms with E-state index in [2.05, 4.69) is 5.32 Å². The largest absolute Gasteiger partial charge is 0.491 e. The van der Waals surface area contributed by atoms with Crippen molar-refractivity contribution in [1.82, 2.24) is 5.32 Å². The number of para-hydroxylation sites is 1. The van der Waals surface area contributed by atoms with E-state index in [0.29, 0.717) is 18.9 Å². The highest BCUT2D eigenvalue weighted by Crippen LogP contribution is 2.32. The van der Waals surface area contributed by atoms with Crippen LogP contribution in [-0.4, -0.2) is 24.6 Å². The van der Waals surface area contributed by atoms with Crippen molar-refractivity contribution in [2.75, 3.05) is 6.54 Å². The van der Waals surface area contributed by atoms with Gasteiger partial charge >= 0.3 is 0 Å². The Morgan fingerprint density at radius 2 is 2.10 bits per heavy atom. The third kappa shape index (κ3) is 4.23. The number of carbonyl (C=O) groups is 1. The molecule has 0 heterocycles. The van der Waals surface area contributed by atoms with Crippen molar-refractivity contribution in [1.29, 1.82) is 0 Å². The molecule has 1 aliphatic rings. The Morgan fingerprint density at radius 1 is 1.40 bits per heavy atom. The summed E-state index contributed by atoms with van der Waals surface area (Å²) in [6.45, 7) is 4.48. The first-order valence-corrected chi connectivity index (χ1v) is 7.34. The fourth-order valence-corrected chi connectivity index (χ4v) is 2.32. The summed E-state index contributed by atoms with van der Waals surface area (Å²) in [7, 11) is 0. The maximum atomic E-state index is 12.1. The molecule has 2 rings (SSSR count). The van der Waals surface area contributed by atoms with Crippen LogP contribution in [-0.2, 0) is 11.2 Å². The highest BCUT2D eigenvalue weighted by Gasteiger charge is 2.31. The van der Waals surface area contributed by atoms with Gasteiger partial charge in [0.1, 0.15) is 5.75 Å². The Labute approximate surface area is 120 Å². The average Bonchev–Trinajstić information content (AvgIpc) is 3.22. The van der Waals surface area contributed by atoms with Crippen LogP contribution >= 0.6 is 0 Å². The van der Waals surface area contributed by atoms with E-state index in [1.807, 2.05) is 38.1 Å². The summed E-state index contributed by atoms with van der Waals surface area (Å²) >= 11 is 0. The molecule has 0 bridgehead atoms. The first-order chi connectivity index (χ1) is 9.60. The van der Waals surface area contributed by atoms with Gasteiger partial charge in [-0.3, -0.25) is 4.79 Å². The summed E-state index contributed by atoms with van der Waals surface area (Å²) in [5, 5.41) is 3.04. The predicted molar refractivity (Wildman–Crippen MR) is 79.6 cm³/mol. The lowest BCUT2D eigenvalue weighted by atomic mass is 10.1. The Kier molecular flexibility index (Phi) is 5.01. The normalized spacial score (nSPS) is 16.0. The lowest BCUT2D eigenvalue weighted by molar-refractivity contribution is -0.121. The Bertz CT molecular complexity index is 456. The molecule has 20 heavy (non-hydrogen) atoms. The standard InChI is InChI=1S/C16H24N2O2/c1-11(2)20-15-6-4-3-5-13(15)9-16(19)18-14(10-17)12-7-8-12/h3-6,11-12,14H,7-10,17H2,1-2H3,(H,18,19). The summed E-state index contributed by atoms with van der Waals surface area (Å²) in [5.74, 6) is 1.38. The second kappa shape index (κ2) is 6.75. The number of nitrogens with two attached hydrogens (primary N) is 1. The van der Waals surface area contributed by atoms with Crippen LogP contribution in [0.3, 0.4) is 0 Å². The molecule has 1 atom stereocenters. The van der Waals surface area contributed by atoms with Crippen molar-refractivity contribution in [3.8, 4) is 5.75 Å². The number of nitrogens with one attached hydrogen (secondary N) is 1. The minimum Gasteiger partial charge on any atom is -0.491 e. The summed E-state index contributed by atoms with van der Waals surface area (Å²) in [5.41, 5.74) is 6.63. The molecule has 1 saturated carbocycles. The van der Waals surface area contributed by atoms with Gasteiger partial charge in [-0.2, -0.15) is 0 Å². The molecule has 1 fully saturated rings. The van der Waals surface area contributed by atoms with Gasteiger partial charge in [0.2, 0.25) is 5.91 Å². The van der Waals surface area contributed by atoms with Gasteiger partial charge in [0.15, 0.2) is 0 Å². The molecule has 0 aliphatic heterocycles. The van der Waals surface area contributed by atoms with Crippen molar-refractivity contribution in [2.45, 2.75) is 45.3 Å². The van der Waals surface area contributed by atoms with Crippen LogP contribution < -0.4 is 15.8 Å². The molecule has 0 radical (unpaired) electrons. The maximum absolute atomic E-state index is 12.1.